The number of nitrogens with two attached hydrogens (primary N) is 3. The van der Waals surface area contributed by atoms with Crippen LogP contribution < -0.4 is 17.2 Å². The highest BCUT2D eigenvalue weighted by Crippen LogP contribution is 2.19. The number of hydrogen-bond acceptors (Lipinski definition) is 8. The molecule has 0 spiro atoms. The van der Waals surface area contributed by atoms with Crippen LogP contribution in [0.1, 0.15) is 5.82 Å². The van der Waals surface area contributed by atoms with Crippen molar-refractivity contribution in [3.8, 4) is 0 Å². The molecule has 0 aliphatic heterocycles. The van der Waals surface area contributed by atoms with E-state index in [1.165, 1.54) is 11.8 Å². The van der Waals surface area contributed by atoms with Crippen molar-refractivity contribution in [2.75, 3.05) is 17.2 Å². The van der Waals surface area contributed by atoms with Crippen LogP contribution in [0.3, 0.4) is 0 Å². The van der Waals surface area contributed by atoms with Crippen LogP contribution in [0.4, 0.5) is 17.6 Å². The maximum Gasteiger partial charge on any atom is 0.225 e. The van der Waals surface area contributed by atoms with Crippen molar-refractivity contribution in [2.45, 2.75) is 10.8 Å². The number of aromatic nitrogens is 4. The fraction of sp³-hybridized carbons (Fsp3) is 0.111. The van der Waals surface area contributed by atoms with Gasteiger partial charge in [-0.2, -0.15) is 15.0 Å². The van der Waals surface area contributed by atoms with E-state index in [9.17, 15) is 0 Å². The molecular formula is C9H11N7S. The molecule has 0 amide bonds. The predicted molar refractivity (Wildman–Crippen MR) is 66.9 cm³/mol. The molecule has 7 nitrogen and oxygen atoms in total. The van der Waals surface area contributed by atoms with E-state index in [4.69, 9.17) is 17.2 Å². The van der Waals surface area contributed by atoms with Gasteiger partial charge < -0.3 is 17.2 Å². The summed E-state index contributed by atoms with van der Waals surface area (Å²) in [6.45, 7) is 0. The minimum atomic E-state index is 0.123. The van der Waals surface area contributed by atoms with E-state index in [2.05, 4.69) is 19.9 Å². The molecule has 0 aliphatic rings. The molecule has 0 aromatic carbocycles. The molecule has 6 N–H and O–H groups in total. The fourth-order valence-corrected chi connectivity index (χ4v) is 1.83. The summed E-state index contributed by atoms with van der Waals surface area (Å²) in [6.07, 6.45) is 1.60. The molecule has 17 heavy (non-hydrogen) atoms. The molecule has 2 aromatic heterocycles. The average molecular weight is 249 g/mol. The lowest BCUT2D eigenvalue weighted by Gasteiger charge is -2.02. The van der Waals surface area contributed by atoms with Gasteiger partial charge in [-0.15, -0.1) is 0 Å². The monoisotopic (exact) mass is 249 g/mol. The van der Waals surface area contributed by atoms with Crippen molar-refractivity contribution >= 4 is 29.3 Å². The number of pyridine rings is 1. The molecule has 0 radical (unpaired) electrons. The van der Waals surface area contributed by atoms with Crippen LogP contribution in [-0.4, -0.2) is 19.9 Å². The maximum absolute atomic E-state index is 5.54. The van der Waals surface area contributed by atoms with Crippen molar-refractivity contribution in [3.05, 3.63) is 24.2 Å². The minimum absolute atomic E-state index is 0.123. The molecule has 0 unspecified atom stereocenters. The van der Waals surface area contributed by atoms with Crippen LogP contribution in [0.2, 0.25) is 0 Å². The first kappa shape index (κ1) is 11.4. The predicted octanol–water partition coefficient (Wildman–Crippen LogP) is 0.305. The number of anilines is 3. The quantitative estimate of drug-likeness (QED) is 0.662. The van der Waals surface area contributed by atoms with Gasteiger partial charge in [0.25, 0.3) is 0 Å². The normalized spacial score (nSPS) is 10.4. The Kier molecular flexibility index (Phi) is 3.24. The summed E-state index contributed by atoms with van der Waals surface area (Å²) in [5, 5.41) is 0.830. The average Bonchev–Trinajstić information content (AvgIpc) is 2.27. The summed E-state index contributed by atoms with van der Waals surface area (Å²) in [5.41, 5.74) is 17.1. The summed E-state index contributed by atoms with van der Waals surface area (Å²) < 4.78 is 0. The third kappa shape index (κ3) is 3.18. The summed E-state index contributed by atoms with van der Waals surface area (Å²) in [4.78, 5) is 15.8. The van der Waals surface area contributed by atoms with Crippen LogP contribution in [0.25, 0.3) is 0 Å². The van der Waals surface area contributed by atoms with E-state index in [-0.39, 0.29) is 11.9 Å². The first-order valence-electron chi connectivity index (χ1n) is 4.74. The van der Waals surface area contributed by atoms with Crippen molar-refractivity contribution in [1.82, 2.24) is 19.9 Å². The molecule has 0 fully saturated rings. The Labute approximate surface area is 102 Å². The van der Waals surface area contributed by atoms with E-state index in [1.807, 2.05) is 6.07 Å². The SMILES string of the molecule is Nc1ccc(SCc2nc(N)nc(N)n2)nc1. The molecule has 2 heterocycles. The lowest BCUT2D eigenvalue weighted by atomic mass is 10.4. The highest BCUT2D eigenvalue weighted by Gasteiger charge is 2.03. The molecule has 0 saturated heterocycles. The number of rotatable bonds is 3. The minimum Gasteiger partial charge on any atom is -0.397 e. The van der Waals surface area contributed by atoms with Crippen LogP contribution >= 0.6 is 11.8 Å². The Morgan fingerprint density at radius 1 is 1.00 bits per heavy atom. The standard InChI is InChI=1S/C9H11N7S/c10-5-1-2-7(13-3-5)17-4-6-14-8(11)16-9(12)15-6/h1-3H,4,10H2,(H4,11,12,14,15,16). The smallest absolute Gasteiger partial charge is 0.225 e. The van der Waals surface area contributed by atoms with Gasteiger partial charge in [0.05, 0.1) is 22.7 Å². The zero-order valence-electron chi connectivity index (χ0n) is 8.87. The van der Waals surface area contributed by atoms with Gasteiger partial charge in [-0.1, -0.05) is 11.8 Å². The molecule has 0 bridgehead atoms. The third-order valence-electron chi connectivity index (χ3n) is 1.82. The molecule has 2 aromatic rings. The molecule has 88 valence electrons. The number of hydrogen-bond donors (Lipinski definition) is 3. The zero-order valence-corrected chi connectivity index (χ0v) is 9.68. The molecule has 2 rings (SSSR count). The maximum atomic E-state index is 5.54. The number of nitrogen functional groups attached to an aromatic ring is 3. The third-order valence-corrected chi connectivity index (χ3v) is 2.76. The molecule has 0 atom stereocenters. The van der Waals surface area contributed by atoms with Gasteiger partial charge in [0.15, 0.2) is 0 Å². The Hall–Kier alpha value is -2.09. The Balaban J connectivity index is 2.04. The summed E-state index contributed by atoms with van der Waals surface area (Å²) in [7, 11) is 0. The van der Waals surface area contributed by atoms with E-state index in [0.717, 1.165) is 5.03 Å². The molecule has 0 saturated carbocycles. The second kappa shape index (κ2) is 4.83. The summed E-state index contributed by atoms with van der Waals surface area (Å²) in [6, 6.07) is 3.61. The van der Waals surface area contributed by atoms with Crippen molar-refractivity contribution in [3.63, 3.8) is 0 Å². The number of nitrogens with zero attached hydrogens (tertiary/aromatic N) is 4. The van der Waals surface area contributed by atoms with Gasteiger partial charge in [-0.3, -0.25) is 0 Å². The van der Waals surface area contributed by atoms with Gasteiger partial charge >= 0.3 is 0 Å². The van der Waals surface area contributed by atoms with Gasteiger partial charge in [0.1, 0.15) is 5.82 Å². The summed E-state index contributed by atoms with van der Waals surface area (Å²) >= 11 is 1.47. The largest absolute Gasteiger partial charge is 0.397 e. The van der Waals surface area contributed by atoms with Crippen LogP contribution in [0.15, 0.2) is 23.4 Å². The Bertz CT molecular complexity index is 493. The van der Waals surface area contributed by atoms with E-state index in [0.29, 0.717) is 17.3 Å². The molecular weight excluding hydrogens is 238 g/mol. The first-order valence-corrected chi connectivity index (χ1v) is 5.72. The van der Waals surface area contributed by atoms with Crippen LogP contribution in [0.5, 0.6) is 0 Å². The molecule has 8 heteroatoms. The summed E-state index contributed by atoms with van der Waals surface area (Å²) in [5.74, 6) is 1.30. The Morgan fingerprint density at radius 2 is 1.71 bits per heavy atom. The second-order valence-electron chi connectivity index (χ2n) is 3.19. The van der Waals surface area contributed by atoms with Gasteiger partial charge in [-0.25, -0.2) is 4.98 Å². The van der Waals surface area contributed by atoms with Crippen LogP contribution in [0, 0.1) is 0 Å². The molecule has 0 aliphatic carbocycles. The van der Waals surface area contributed by atoms with Gasteiger partial charge in [0, 0.05) is 0 Å². The highest BCUT2D eigenvalue weighted by molar-refractivity contribution is 7.98. The Morgan fingerprint density at radius 3 is 2.29 bits per heavy atom. The second-order valence-corrected chi connectivity index (χ2v) is 4.18. The van der Waals surface area contributed by atoms with E-state index in [1.54, 1.807) is 12.3 Å². The van der Waals surface area contributed by atoms with Crippen molar-refractivity contribution < 1.29 is 0 Å². The topological polar surface area (TPSA) is 130 Å². The fourth-order valence-electron chi connectivity index (χ4n) is 1.14. The van der Waals surface area contributed by atoms with Crippen molar-refractivity contribution in [2.24, 2.45) is 0 Å². The van der Waals surface area contributed by atoms with E-state index >= 15 is 0 Å². The first-order chi connectivity index (χ1) is 8.13. The van der Waals surface area contributed by atoms with E-state index < -0.39 is 0 Å². The van der Waals surface area contributed by atoms with Crippen molar-refractivity contribution in [1.29, 1.82) is 0 Å². The van der Waals surface area contributed by atoms with Crippen LogP contribution in [-0.2, 0) is 5.75 Å². The lowest BCUT2D eigenvalue weighted by molar-refractivity contribution is 0.985. The lowest BCUT2D eigenvalue weighted by Crippen LogP contribution is -2.05. The number of thioether (sulfide) groups is 1. The zero-order chi connectivity index (χ0) is 12.3. The van der Waals surface area contributed by atoms with Gasteiger partial charge in [-0.05, 0) is 12.1 Å². The van der Waals surface area contributed by atoms with Gasteiger partial charge in [0.2, 0.25) is 11.9 Å². The highest BCUT2D eigenvalue weighted by atomic mass is 32.2.